The number of hydrogen-bond acceptors (Lipinski definition) is 4. The normalized spacial score (nSPS) is 26.8. The van der Waals surface area contributed by atoms with Crippen molar-refractivity contribution < 1.29 is 14.3 Å². The van der Waals surface area contributed by atoms with E-state index in [1.807, 2.05) is 4.90 Å². The summed E-state index contributed by atoms with van der Waals surface area (Å²) >= 11 is 0. The van der Waals surface area contributed by atoms with Gasteiger partial charge < -0.3 is 10.0 Å². The van der Waals surface area contributed by atoms with Gasteiger partial charge in [0.1, 0.15) is 5.82 Å². The van der Waals surface area contributed by atoms with E-state index < -0.39 is 6.10 Å². The van der Waals surface area contributed by atoms with Crippen LogP contribution >= 0.6 is 0 Å². The van der Waals surface area contributed by atoms with Crippen LogP contribution in [0.25, 0.3) is 0 Å². The SMILES string of the molecule is CC(=O)N1CCN(C2CN(CC(O)c3ccc(F)cc3)CC2C)CC1. The maximum absolute atomic E-state index is 13.0. The van der Waals surface area contributed by atoms with Gasteiger partial charge in [-0.05, 0) is 23.6 Å². The van der Waals surface area contributed by atoms with Crippen LogP contribution in [0.15, 0.2) is 24.3 Å². The molecule has 2 saturated heterocycles. The lowest BCUT2D eigenvalue weighted by Crippen LogP contribution is -2.53. The molecule has 2 heterocycles. The quantitative estimate of drug-likeness (QED) is 0.891. The van der Waals surface area contributed by atoms with Crippen LogP contribution in [0, 0.1) is 11.7 Å². The van der Waals surface area contributed by atoms with Gasteiger partial charge in [-0.2, -0.15) is 0 Å². The average molecular weight is 349 g/mol. The van der Waals surface area contributed by atoms with E-state index in [4.69, 9.17) is 0 Å². The zero-order valence-electron chi connectivity index (χ0n) is 15.1. The summed E-state index contributed by atoms with van der Waals surface area (Å²) in [6, 6.07) is 6.55. The number of aliphatic hydroxyl groups excluding tert-OH is 1. The first kappa shape index (κ1) is 18.3. The molecular formula is C19H28FN3O2. The monoisotopic (exact) mass is 349 g/mol. The summed E-state index contributed by atoms with van der Waals surface area (Å²) in [6.45, 7) is 9.79. The number of aliphatic hydroxyl groups is 1. The average Bonchev–Trinajstić information content (AvgIpc) is 2.95. The third-order valence-corrected chi connectivity index (χ3v) is 5.56. The predicted molar refractivity (Wildman–Crippen MR) is 94.6 cm³/mol. The molecule has 0 radical (unpaired) electrons. The minimum Gasteiger partial charge on any atom is -0.387 e. The summed E-state index contributed by atoms with van der Waals surface area (Å²) in [5, 5.41) is 10.4. The van der Waals surface area contributed by atoms with Crippen LogP contribution in [0.3, 0.4) is 0 Å². The molecule has 25 heavy (non-hydrogen) atoms. The summed E-state index contributed by atoms with van der Waals surface area (Å²) in [6.07, 6.45) is -0.596. The first-order valence-electron chi connectivity index (χ1n) is 9.09. The molecule has 0 saturated carbocycles. The van der Waals surface area contributed by atoms with Crippen molar-refractivity contribution in [2.24, 2.45) is 5.92 Å². The Kier molecular flexibility index (Phi) is 5.71. The van der Waals surface area contributed by atoms with Crippen LogP contribution in [-0.2, 0) is 4.79 Å². The Bertz CT molecular complexity index is 587. The molecule has 1 aromatic rings. The van der Waals surface area contributed by atoms with E-state index in [-0.39, 0.29) is 11.7 Å². The first-order valence-corrected chi connectivity index (χ1v) is 9.09. The van der Waals surface area contributed by atoms with Crippen molar-refractivity contribution in [2.45, 2.75) is 26.0 Å². The molecule has 0 bridgehead atoms. The number of benzene rings is 1. The van der Waals surface area contributed by atoms with Gasteiger partial charge in [-0.1, -0.05) is 19.1 Å². The van der Waals surface area contributed by atoms with Crippen LogP contribution in [0.5, 0.6) is 0 Å². The van der Waals surface area contributed by atoms with E-state index >= 15 is 0 Å². The molecule has 0 aromatic heterocycles. The van der Waals surface area contributed by atoms with Gasteiger partial charge in [-0.15, -0.1) is 0 Å². The van der Waals surface area contributed by atoms with Gasteiger partial charge in [0, 0.05) is 58.8 Å². The number of halogens is 1. The Morgan fingerprint density at radius 2 is 1.84 bits per heavy atom. The Hall–Kier alpha value is -1.50. The minimum atomic E-state index is -0.596. The molecule has 1 aromatic carbocycles. The molecule has 3 rings (SSSR count). The third kappa shape index (κ3) is 4.37. The van der Waals surface area contributed by atoms with Gasteiger partial charge in [0.05, 0.1) is 6.10 Å². The standard InChI is InChI=1S/C19H28FN3O2/c1-14-11-21(13-19(25)16-3-5-17(20)6-4-16)12-18(14)23-9-7-22(8-10-23)15(2)24/h3-6,14,18-19,25H,7-13H2,1-2H3. The first-order chi connectivity index (χ1) is 11.9. The molecule has 3 unspecified atom stereocenters. The topological polar surface area (TPSA) is 47.0 Å². The zero-order chi connectivity index (χ0) is 18.0. The van der Waals surface area contributed by atoms with E-state index in [1.165, 1.54) is 12.1 Å². The van der Waals surface area contributed by atoms with Crippen molar-refractivity contribution >= 4 is 5.91 Å². The molecule has 0 spiro atoms. The zero-order valence-corrected chi connectivity index (χ0v) is 15.1. The second-order valence-electron chi connectivity index (χ2n) is 7.37. The highest BCUT2D eigenvalue weighted by atomic mass is 19.1. The molecule has 6 heteroatoms. The number of piperazine rings is 1. The molecule has 2 aliphatic heterocycles. The Morgan fingerprint density at radius 3 is 2.44 bits per heavy atom. The molecule has 1 amide bonds. The Labute approximate surface area is 149 Å². The smallest absolute Gasteiger partial charge is 0.219 e. The van der Waals surface area contributed by atoms with E-state index in [9.17, 15) is 14.3 Å². The van der Waals surface area contributed by atoms with Crippen LogP contribution < -0.4 is 0 Å². The number of hydrogen-bond donors (Lipinski definition) is 1. The fourth-order valence-corrected chi connectivity index (χ4v) is 4.08. The van der Waals surface area contributed by atoms with Crippen molar-refractivity contribution in [2.75, 3.05) is 45.8 Å². The van der Waals surface area contributed by atoms with Crippen LogP contribution in [0.2, 0.25) is 0 Å². The number of likely N-dealkylation sites (tertiary alicyclic amines) is 1. The van der Waals surface area contributed by atoms with Crippen molar-refractivity contribution in [3.05, 3.63) is 35.6 Å². The Balaban J connectivity index is 1.53. The van der Waals surface area contributed by atoms with Crippen molar-refractivity contribution in [1.82, 2.24) is 14.7 Å². The van der Waals surface area contributed by atoms with Gasteiger partial charge in [0.25, 0.3) is 0 Å². The molecule has 3 atom stereocenters. The van der Waals surface area contributed by atoms with Gasteiger partial charge in [-0.25, -0.2) is 4.39 Å². The predicted octanol–water partition coefficient (Wildman–Crippen LogP) is 1.34. The summed E-state index contributed by atoms with van der Waals surface area (Å²) < 4.78 is 13.0. The van der Waals surface area contributed by atoms with E-state index in [1.54, 1.807) is 19.1 Å². The number of rotatable bonds is 4. The lowest BCUT2D eigenvalue weighted by Gasteiger charge is -2.39. The number of nitrogens with zero attached hydrogens (tertiary/aromatic N) is 3. The van der Waals surface area contributed by atoms with Gasteiger partial charge in [0.15, 0.2) is 0 Å². The Morgan fingerprint density at radius 1 is 1.20 bits per heavy atom. The van der Waals surface area contributed by atoms with E-state index in [0.29, 0.717) is 18.5 Å². The summed E-state index contributed by atoms with van der Waals surface area (Å²) in [7, 11) is 0. The highest BCUT2D eigenvalue weighted by molar-refractivity contribution is 5.73. The molecular weight excluding hydrogens is 321 g/mol. The number of amides is 1. The van der Waals surface area contributed by atoms with E-state index in [2.05, 4.69) is 16.7 Å². The largest absolute Gasteiger partial charge is 0.387 e. The molecule has 5 nitrogen and oxygen atoms in total. The highest BCUT2D eigenvalue weighted by Crippen LogP contribution is 2.25. The number of β-amino-alcohol motifs (C(OH)–C–C–N with tert-alkyl or cyclic N) is 1. The van der Waals surface area contributed by atoms with Gasteiger partial charge >= 0.3 is 0 Å². The molecule has 2 fully saturated rings. The second-order valence-corrected chi connectivity index (χ2v) is 7.37. The maximum atomic E-state index is 13.0. The molecule has 0 aliphatic carbocycles. The van der Waals surface area contributed by atoms with Crippen LogP contribution in [0.1, 0.15) is 25.5 Å². The van der Waals surface area contributed by atoms with Crippen molar-refractivity contribution in [3.8, 4) is 0 Å². The minimum absolute atomic E-state index is 0.156. The van der Waals surface area contributed by atoms with Crippen molar-refractivity contribution in [3.63, 3.8) is 0 Å². The third-order valence-electron chi connectivity index (χ3n) is 5.56. The molecule has 138 valence electrons. The highest BCUT2D eigenvalue weighted by Gasteiger charge is 2.36. The van der Waals surface area contributed by atoms with Gasteiger partial charge in [-0.3, -0.25) is 14.6 Å². The molecule has 1 N–H and O–H groups in total. The van der Waals surface area contributed by atoms with Crippen LogP contribution in [0.4, 0.5) is 4.39 Å². The van der Waals surface area contributed by atoms with Crippen molar-refractivity contribution in [1.29, 1.82) is 0 Å². The number of carbonyl (C=O) groups is 1. The van der Waals surface area contributed by atoms with Gasteiger partial charge in [0.2, 0.25) is 5.91 Å². The molecule has 2 aliphatic rings. The summed E-state index contributed by atoms with van der Waals surface area (Å²) in [4.78, 5) is 18.1. The lowest BCUT2D eigenvalue weighted by molar-refractivity contribution is -0.130. The second kappa shape index (κ2) is 7.81. The number of carbonyl (C=O) groups excluding carboxylic acids is 1. The summed E-state index contributed by atoms with van der Waals surface area (Å²) in [5.41, 5.74) is 0.757. The lowest BCUT2D eigenvalue weighted by atomic mass is 10.0. The summed E-state index contributed by atoms with van der Waals surface area (Å²) in [5.74, 6) is 0.406. The fourth-order valence-electron chi connectivity index (χ4n) is 4.08. The maximum Gasteiger partial charge on any atom is 0.219 e. The fraction of sp³-hybridized carbons (Fsp3) is 0.632. The van der Waals surface area contributed by atoms with E-state index in [0.717, 1.165) is 44.8 Å². The van der Waals surface area contributed by atoms with Crippen LogP contribution in [-0.4, -0.2) is 77.6 Å².